The first-order chi connectivity index (χ1) is 6.60. The third-order valence-electron chi connectivity index (χ3n) is 2.38. The number of nitrogens with zero attached hydrogens (tertiary/aromatic N) is 1. The highest BCUT2D eigenvalue weighted by molar-refractivity contribution is 5.45. The van der Waals surface area contributed by atoms with Crippen molar-refractivity contribution in [1.29, 1.82) is 5.26 Å². The van der Waals surface area contributed by atoms with Crippen molar-refractivity contribution in [2.45, 2.75) is 26.7 Å². The van der Waals surface area contributed by atoms with Gasteiger partial charge in [-0.25, -0.2) is 0 Å². The Labute approximate surface area is 85.1 Å². The number of benzene rings is 1. The van der Waals surface area contributed by atoms with Crippen molar-refractivity contribution in [2.75, 3.05) is 7.11 Å². The molecule has 0 saturated carbocycles. The summed E-state index contributed by atoms with van der Waals surface area (Å²) in [5, 5.41) is 8.82. The van der Waals surface area contributed by atoms with E-state index in [9.17, 15) is 0 Å². The van der Waals surface area contributed by atoms with Gasteiger partial charge in [0.1, 0.15) is 5.75 Å². The molecule has 0 spiro atoms. The molecule has 0 amide bonds. The van der Waals surface area contributed by atoms with Crippen LogP contribution in [0.4, 0.5) is 0 Å². The van der Waals surface area contributed by atoms with Crippen molar-refractivity contribution in [3.63, 3.8) is 0 Å². The molecule has 2 heteroatoms. The van der Waals surface area contributed by atoms with Gasteiger partial charge in [0, 0.05) is 0 Å². The molecule has 1 aromatic carbocycles. The molecule has 14 heavy (non-hydrogen) atoms. The Balaban J connectivity index is 3.22. The molecular weight excluding hydrogens is 174 g/mol. The number of aryl methyl sites for hydroxylation is 2. The molecule has 0 aliphatic heterocycles. The van der Waals surface area contributed by atoms with Gasteiger partial charge in [0.25, 0.3) is 0 Å². The minimum absolute atomic E-state index is 0.0571. The maximum absolute atomic E-state index is 8.82. The van der Waals surface area contributed by atoms with Crippen LogP contribution < -0.4 is 4.74 Å². The smallest absolute Gasteiger partial charge is 0.124 e. The van der Waals surface area contributed by atoms with E-state index in [1.807, 2.05) is 32.9 Å². The summed E-state index contributed by atoms with van der Waals surface area (Å²) >= 11 is 0. The number of methoxy groups -OCH3 is 1. The Hall–Kier alpha value is -1.49. The molecule has 0 heterocycles. The fourth-order valence-corrected chi connectivity index (χ4v) is 1.63. The average molecular weight is 189 g/mol. The SMILES string of the molecule is COc1c(C)cc(C(C)C#N)cc1C. The van der Waals surface area contributed by atoms with Gasteiger partial charge in [-0.2, -0.15) is 5.26 Å². The van der Waals surface area contributed by atoms with Crippen LogP contribution in [0.25, 0.3) is 0 Å². The highest BCUT2D eigenvalue weighted by Gasteiger charge is 2.09. The molecule has 1 rings (SSSR count). The van der Waals surface area contributed by atoms with Crippen molar-refractivity contribution < 1.29 is 4.74 Å². The van der Waals surface area contributed by atoms with Gasteiger partial charge in [0.15, 0.2) is 0 Å². The van der Waals surface area contributed by atoms with Crippen LogP contribution in [-0.2, 0) is 0 Å². The van der Waals surface area contributed by atoms with Crippen LogP contribution in [0.2, 0.25) is 0 Å². The van der Waals surface area contributed by atoms with E-state index in [1.54, 1.807) is 7.11 Å². The summed E-state index contributed by atoms with van der Waals surface area (Å²) in [7, 11) is 1.67. The van der Waals surface area contributed by atoms with Crippen molar-refractivity contribution in [2.24, 2.45) is 0 Å². The summed E-state index contributed by atoms with van der Waals surface area (Å²) in [6.07, 6.45) is 0. The first-order valence-electron chi connectivity index (χ1n) is 4.65. The van der Waals surface area contributed by atoms with Gasteiger partial charge >= 0.3 is 0 Å². The Morgan fingerprint density at radius 2 is 1.79 bits per heavy atom. The normalized spacial score (nSPS) is 11.9. The van der Waals surface area contributed by atoms with Crippen molar-refractivity contribution >= 4 is 0 Å². The molecule has 0 radical (unpaired) electrons. The van der Waals surface area contributed by atoms with Crippen LogP contribution in [0.5, 0.6) is 5.75 Å². The number of rotatable bonds is 2. The predicted molar refractivity (Wildman–Crippen MR) is 56.5 cm³/mol. The molecule has 0 N–H and O–H groups in total. The van der Waals surface area contributed by atoms with Crippen LogP contribution in [0, 0.1) is 25.2 Å². The monoisotopic (exact) mass is 189 g/mol. The summed E-state index contributed by atoms with van der Waals surface area (Å²) < 4.78 is 5.26. The molecule has 1 unspecified atom stereocenters. The lowest BCUT2D eigenvalue weighted by Crippen LogP contribution is -1.96. The molecule has 0 aliphatic rings. The Bertz CT molecular complexity index is 353. The van der Waals surface area contributed by atoms with Crippen LogP contribution in [0.15, 0.2) is 12.1 Å². The fourth-order valence-electron chi connectivity index (χ4n) is 1.63. The lowest BCUT2D eigenvalue weighted by molar-refractivity contribution is 0.408. The maximum Gasteiger partial charge on any atom is 0.124 e. The molecule has 0 aliphatic carbocycles. The van der Waals surface area contributed by atoms with Gasteiger partial charge in [0.2, 0.25) is 0 Å². The molecule has 0 fully saturated rings. The van der Waals surface area contributed by atoms with Gasteiger partial charge in [0.05, 0.1) is 19.1 Å². The summed E-state index contributed by atoms with van der Waals surface area (Å²) in [5.74, 6) is 0.859. The zero-order valence-electron chi connectivity index (χ0n) is 9.09. The lowest BCUT2D eigenvalue weighted by Gasteiger charge is -2.12. The van der Waals surface area contributed by atoms with E-state index >= 15 is 0 Å². The maximum atomic E-state index is 8.82. The number of hydrogen-bond donors (Lipinski definition) is 0. The number of hydrogen-bond acceptors (Lipinski definition) is 2. The van der Waals surface area contributed by atoms with Crippen LogP contribution in [0.3, 0.4) is 0 Å². The minimum Gasteiger partial charge on any atom is -0.496 e. The topological polar surface area (TPSA) is 33.0 Å². The summed E-state index contributed by atoms with van der Waals surface area (Å²) in [5.41, 5.74) is 3.23. The second kappa shape index (κ2) is 4.15. The van der Waals surface area contributed by atoms with E-state index in [2.05, 4.69) is 6.07 Å². The first-order valence-corrected chi connectivity index (χ1v) is 4.65. The average Bonchev–Trinajstić information content (AvgIpc) is 2.16. The Morgan fingerprint density at radius 3 is 2.14 bits per heavy atom. The zero-order valence-corrected chi connectivity index (χ0v) is 9.09. The van der Waals surface area contributed by atoms with E-state index < -0.39 is 0 Å². The minimum atomic E-state index is -0.0571. The van der Waals surface area contributed by atoms with Gasteiger partial charge in [-0.05, 0) is 37.5 Å². The summed E-state index contributed by atoms with van der Waals surface area (Å²) in [6, 6.07) is 6.26. The third-order valence-corrected chi connectivity index (χ3v) is 2.38. The van der Waals surface area contributed by atoms with Crippen molar-refractivity contribution in [3.8, 4) is 11.8 Å². The number of ether oxygens (including phenoxy) is 1. The van der Waals surface area contributed by atoms with E-state index in [1.165, 1.54) is 0 Å². The van der Waals surface area contributed by atoms with E-state index in [-0.39, 0.29) is 5.92 Å². The summed E-state index contributed by atoms with van der Waals surface area (Å²) in [4.78, 5) is 0. The highest BCUT2D eigenvalue weighted by atomic mass is 16.5. The molecular formula is C12H15NO. The van der Waals surface area contributed by atoms with Gasteiger partial charge in [-0.15, -0.1) is 0 Å². The summed E-state index contributed by atoms with van der Waals surface area (Å²) in [6.45, 7) is 5.90. The first kappa shape index (κ1) is 10.6. The quantitative estimate of drug-likeness (QED) is 0.716. The zero-order chi connectivity index (χ0) is 10.7. The second-order valence-corrected chi connectivity index (χ2v) is 3.54. The van der Waals surface area contributed by atoms with E-state index in [0.29, 0.717) is 0 Å². The lowest BCUT2D eigenvalue weighted by atomic mass is 9.97. The van der Waals surface area contributed by atoms with Crippen molar-refractivity contribution in [1.82, 2.24) is 0 Å². The molecule has 2 nitrogen and oxygen atoms in total. The van der Waals surface area contributed by atoms with E-state index in [4.69, 9.17) is 10.00 Å². The third kappa shape index (κ3) is 1.88. The Kier molecular flexibility index (Phi) is 3.14. The van der Waals surface area contributed by atoms with Gasteiger partial charge < -0.3 is 4.74 Å². The van der Waals surface area contributed by atoms with Crippen molar-refractivity contribution in [3.05, 3.63) is 28.8 Å². The molecule has 0 saturated heterocycles. The van der Waals surface area contributed by atoms with Crippen LogP contribution in [0.1, 0.15) is 29.5 Å². The molecule has 1 aromatic rings. The molecule has 0 bridgehead atoms. The van der Waals surface area contributed by atoms with E-state index in [0.717, 1.165) is 22.4 Å². The Morgan fingerprint density at radius 1 is 1.29 bits per heavy atom. The molecule has 74 valence electrons. The predicted octanol–water partition coefficient (Wildman–Crippen LogP) is 2.94. The van der Waals surface area contributed by atoms with Crippen LogP contribution >= 0.6 is 0 Å². The van der Waals surface area contributed by atoms with Crippen LogP contribution in [-0.4, -0.2) is 7.11 Å². The molecule has 1 atom stereocenters. The number of nitriles is 1. The highest BCUT2D eigenvalue weighted by Crippen LogP contribution is 2.27. The second-order valence-electron chi connectivity index (χ2n) is 3.54. The fraction of sp³-hybridized carbons (Fsp3) is 0.417. The molecule has 0 aromatic heterocycles. The standard InChI is InChI=1S/C12H15NO/c1-8-5-11(10(3)7-13)6-9(2)12(8)14-4/h5-6,10H,1-4H3. The van der Waals surface area contributed by atoms with Gasteiger partial charge in [-0.3, -0.25) is 0 Å². The van der Waals surface area contributed by atoms with Gasteiger partial charge in [-0.1, -0.05) is 12.1 Å². The largest absolute Gasteiger partial charge is 0.496 e.